The van der Waals surface area contributed by atoms with Gasteiger partial charge in [-0.1, -0.05) is 15.9 Å². The second-order valence-corrected chi connectivity index (χ2v) is 5.23. The van der Waals surface area contributed by atoms with Crippen LogP contribution < -0.4 is 4.74 Å². The molecular weight excluding hydrogens is 324 g/mol. The number of ether oxygens (including phenoxy) is 4. The Labute approximate surface area is 129 Å². The van der Waals surface area contributed by atoms with E-state index in [1.165, 1.54) is 11.1 Å². The second-order valence-electron chi connectivity index (χ2n) is 4.44. The first kappa shape index (κ1) is 17.4. The average molecular weight is 347 g/mol. The first-order valence-corrected chi connectivity index (χ1v) is 7.48. The Balaban J connectivity index is 2.10. The molecule has 0 aliphatic rings. The van der Waals surface area contributed by atoms with Crippen LogP contribution in [0.15, 0.2) is 16.6 Å². The molecule has 0 radical (unpaired) electrons. The lowest BCUT2D eigenvalue weighted by atomic mass is 10.1. The van der Waals surface area contributed by atoms with Crippen molar-refractivity contribution in [3.8, 4) is 5.75 Å². The molecule has 1 rings (SSSR count). The Morgan fingerprint density at radius 1 is 0.850 bits per heavy atom. The monoisotopic (exact) mass is 346 g/mol. The summed E-state index contributed by atoms with van der Waals surface area (Å²) in [5, 5.41) is 0. The number of benzene rings is 1. The fourth-order valence-electron chi connectivity index (χ4n) is 1.67. The topological polar surface area (TPSA) is 36.9 Å². The number of hydrogen-bond donors (Lipinski definition) is 0. The number of hydrogen-bond acceptors (Lipinski definition) is 4. The summed E-state index contributed by atoms with van der Waals surface area (Å²) in [4.78, 5) is 0. The van der Waals surface area contributed by atoms with Gasteiger partial charge in [-0.15, -0.1) is 0 Å². The van der Waals surface area contributed by atoms with E-state index in [0.29, 0.717) is 39.6 Å². The molecule has 0 aliphatic heterocycles. The molecule has 0 spiro atoms. The minimum Gasteiger partial charge on any atom is -0.491 e. The summed E-state index contributed by atoms with van der Waals surface area (Å²) in [6.45, 7) is 7.58. The molecule has 1 aromatic rings. The third-order valence-corrected chi connectivity index (χ3v) is 3.96. The average Bonchev–Trinajstić information content (AvgIpc) is 2.43. The van der Waals surface area contributed by atoms with Crippen molar-refractivity contribution in [1.82, 2.24) is 0 Å². The molecule has 114 valence electrons. The van der Waals surface area contributed by atoms with Crippen LogP contribution in [0.1, 0.15) is 11.1 Å². The third kappa shape index (κ3) is 6.70. The molecule has 0 unspecified atom stereocenters. The van der Waals surface area contributed by atoms with Gasteiger partial charge in [-0.05, 0) is 37.1 Å². The van der Waals surface area contributed by atoms with Crippen LogP contribution in [0, 0.1) is 13.8 Å². The van der Waals surface area contributed by atoms with Crippen LogP contribution in [0.3, 0.4) is 0 Å². The molecule has 0 saturated carbocycles. The lowest BCUT2D eigenvalue weighted by molar-refractivity contribution is 0.0179. The number of aryl methyl sites for hydroxylation is 2. The second kappa shape index (κ2) is 10.2. The summed E-state index contributed by atoms with van der Waals surface area (Å²) in [5.74, 6) is 0.878. The Morgan fingerprint density at radius 2 is 1.35 bits per heavy atom. The molecular formula is C15H23BrO4. The summed E-state index contributed by atoms with van der Waals surface area (Å²) in [6.07, 6.45) is 0. The van der Waals surface area contributed by atoms with Crippen molar-refractivity contribution in [2.24, 2.45) is 0 Å². The van der Waals surface area contributed by atoms with Crippen LogP contribution in [-0.2, 0) is 14.2 Å². The maximum atomic E-state index is 5.66. The number of halogens is 1. The Hall–Kier alpha value is -0.620. The largest absolute Gasteiger partial charge is 0.491 e. The van der Waals surface area contributed by atoms with Gasteiger partial charge in [0.05, 0.1) is 33.0 Å². The summed E-state index contributed by atoms with van der Waals surface area (Å²) < 4.78 is 22.4. The molecule has 0 amide bonds. The molecule has 20 heavy (non-hydrogen) atoms. The van der Waals surface area contributed by atoms with Crippen molar-refractivity contribution in [2.75, 3.05) is 46.8 Å². The van der Waals surface area contributed by atoms with Crippen LogP contribution in [0.5, 0.6) is 5.75 Å². The van der Waals surface area contributed by atoms with E-state index in [-0.39, 0.29) is 0 Å². The van der Waals surface area contributed by atoms with Crippen molar-refractivity contribution >= 4 is 15.9 Å². The van der Waals surface area contributed by atoms with Crippen molar-refractivity contribution in [1.29, 1.82) is 0 Å². The van der Waals surface area contributed by atoms with Crippen molar-refractivity contribution in [3.63, 3.8) is 0 Å². The first-order valence-electron chi connectivity index (χ1n) is 6.69. The van der Waals surface area contributed by atoms with E-state index in [2.05, 4.69) is 29.8 Å². The van der Waals surface area contributed by atoms with Gasteiger partial charge in [0.2, 0.25) is 0 Å². The van der Waals surface area contributed by atoms with Crippen molar-refractivity contribution < 1.29 is 18.9 Å². The summed E-state index contributed by atoms with van der Waals surface area (Å²) in [7, 11) is 1.66. The summed E-state index contributed by atoms with van der Waals surface area (Å²) in [5.41, 5.74) is 2.35. The van der Waals surface area contributed by atoms with E-state index in [0.717, 1.165) is 10.2 Å². The Kier molecular flexibility index (Phi) is 8.85. The lowest BCUT2D eigenvalue weighted by Gasteiger charge is -2.10. The highest BCUT2D eigenvalue weighted by atomic mass is 79.9. The minimum atomic E-state index is 0.540. The van der Waals surface area contributed by atoms with E-state index in [1.807, 2.05) is 12.1 Å². The van der Waals surface area contributed by atoms with E-state index in [4.69, 9.17) is 18.9 Å². The van der Waals surface area contributed by atoms with Gasteiger partial charge < -0.3 is 18.9 Å². The normalized spacial score (nSPS) is 10.8. The molecule has 0 aliphatic carbocycles. The SMILES string of the molecule is COCCOCCOCCOc1cc(C)c(Br)c(C)c1. The Bertz CT molecular complexity index is 372. The van der Waals surface area contributed by atoms with Crippen LogP contribution >= 0.6 is 15.9 Å². The standard InChI is InChI=1S/C15H23BrO4/c1-12-10-14(11-13(2)15(12)16)20-9-8-19-7-6-18-5-4-17-3/h10-11H,4-9H2,1-3H3. The maximum Gasteiger partial charge on any atom is 0.120 e. The van der Waals surface area contributed by atoms with Crippen molar-refractivity contribution in [2.45, 2.75) is 13.8 Å². The van der Waals surface area contributed by atoms with Gasteiger partial charge in [-0.2, -0.15) is 0 Å². The van der Waals surface area contributed by atoms with Gasteiger partial charge in [0.25, 0.3) is 0 Å². The zero-order valence-electron chi connectivity index (χ0n) is 12.4. The van der Waals surface area contributed by atoms with Gasteiger partial charge in [-0.25, -0.2) is 0 Å². The minimum absolute atomic E-state index is 0.540. The van der Waals surface area contributed by atoms with Gasteiger partial charge in [0.1, 0.15) is 12.4 Å². The fraction of sp³-hybridized carbons (Fsp3) is 0.600. The van der Waals surface area contributed by atoms with Gasteiger partial charge in [0.15, 0.2) is 0 Å². The molecule has 0 N–H and O–H groups in total. The third-order valence-electron chi connectivity index (χ3n) is 2.71. The first-order chi connectivity index (χ1) is 9.65. The summed E-state index contributed by atoms with van der Waals surface area (Å²) >= 11 is 3.54. The molecule has 0 aromatic heterocycles. The molecule has 1 aromatic carbocycles. The number of rotatable bonds is 10. The molecule has 5 heteroatoms. The predicted octanol–water partition coefficient (Wildman–Crippen LogP) is 3.12. The summed E-state index contributed by atoms with van der Waals surface area (Å²) in [6, 6.07) is 4.04. The zero-order valence-corrected chi connectivity index (χ0v) is 14.0. The fourth-order valence-corrected chi connectivity index (χ4v) is 1.90. The van der Waals surface area contributed by atoms with Crippen molar-refractivity contribution in [3.05, 3.63) is 27.7 Å². The highest BCUT2D eigenvalue weighted by molar-refractivity contribution is 9.10. The van der Waals surface area contributed by atoms with Gasteiger partial charge in [-0.3, -0.25) is 0 Å². The van der Waals surface area contributed by atoms with Gasteiger partial charge >= 0.3 is 0 Å². The predicted molar refractivity (Wildman–Crippen MR) is 82.6 cm³/mol. The zero-order chi connectivity index (χ0) is 14.8. The molecule has 0 heterocycles. The molecule has 4 nitrogen and oxygen atoms in total. The van der Waals surface area contributed by atoms with Crippen LogP contribution in [-0.4, -0.2) is 46.8 Å². The molecule has 0 atom stereocenters. The molecule has 0 fully saturated rings. The van der Waals surface area contributed by atoms with Crippen LogP contribution in [0.2, 0.25) is 0 Å². The lowest BCUT2D eigenvalue weighted by Crippen LogP contribution is -2.12. The highest BCUT2D eigenvalue weighted by Gasteiger charge is 2.03. The quantitative estimate of drug-likeness (QED) is 0.610. The number of methoxy groups -OCH3 is 1. The molecule has 0 saturated heterocycles. The van der Waals surface area contributed by atoms with Gasteiger partial charge in [0, 0.05) is 11.6 Å². The van der Waals surface area contributed by atoms with E-state index < -0.39 is 0 Å². The maximum absolute atomic E-state index is 5.66. The van der Waals surface area contributed by atoms with Crippen LogP contribution in [0.4, 0.5) is 0 Å². The highest BCUT2D eigenvalue weighted by Crippen LogP contribution is 2.26. The Morgan fingerprint density at radius 3 is 1.90 bits per heavy atom. The van der Waals surface area contributed by atoms with E-state index in [1.54, 1.807) is 7.11 Å². The van der Waals surface area contributed by atoms with E-state index in [9.17, 15) is 0 Å². The molecule has 0 bridgehead atoms. The smallest absolute Gasteiger partial charge is 0.120 e. The van der Waals surface area contributed by atoms with Crippen LogP contribution in [0.25, 0.3) is 0 Å². The van der Waals surface area contributed by atoms with E-state index >= 15 is 0 Å².